The molecule has 17 heavy (non-hydrogen) atoms. The van der Waals surface area contributed by atoms with Crippen LogP contribution >= 0.6 is 0 Å². The number of imidazole rings is 1. The average molecular weight is 235 g/mol. The highest BCUT2D eigenvalue weighted by atomic mass is 16.4. The minimum absolute atomic E-state index is 0.00681. The van der Waals surface area contributed by atoms with Crippen molar-refractivity contribution in [3.8, 4) is 0 Å². The van der Waals surface area contributed by atoms with Gasteiger partial charge in [-0.1, -0.05) is 5.21 Å². The van der Waals surface area contributed by atoms with Crippen molar-refractivity contribution in [3.05, 3.63) is 29.6 Å². The number of nitrogens with zero attached hydrogens (tertiary/aromatic N) is 5. The van der Waals surface area contributed by atoms with Crippen LogP contribution < -0.4 is 0 Å². The van der Waals surface area contributed by atoms with E-state index in [-0.39, 0.29) is 5.69 Å². The van der Waals surface area contributed by atoms with Gasteiger partial charge in [0.25, 0.3) is 0 Å². The summed E-state index contributed by atoms with van der Waals surface area (Å²) in [6.45, 7) is 4.87. The fraction of sp³-hybridized carbons (Fsp3) is 0.400. The van der Waals surface area contributed by atoms with Crippen molar-refractivity contribution in [1.29, 1.82) is 0 Å². The highest BCUT2D eigenvalue weighted by Crippen LogP contribution is 2.04. The summed E-state index contributed by atoms with van der Waals surface area (Å²) in [5.41, 5.74) is 0.572. The monoisotopic (exact) mass is 235 g/mol. The summed E-state index contributed by atoms with van der Waals surface area (Å²) in [7, 11) is 0. The summed E-state index contributed by atoms with van der Waals surface area (Å²) in [6.07, 6.45) is 3.60. The van der Waals surface area contributed by atoms with Gasteiger partial charge in [0.1, 0.15) is 5.82 Å². The molecule has 0 aromatic carbocycles. The lowest BCUT2D eigenvalue weighted by atomic mass is 10.3. The van der Waals surface area contributed by atoms with Gasteiger partial charge in [-0.3, -0.25) is 0 Å². The Morgan fingerprint density at radius 3 is 2.71 bits per heavy atom. The molecule has 0 saturated heterocycles. The van der Waals surface area contributed by atoms with E-state index in [9.17, 15) is 4.79 Å². The van der Waals surface area contributed by atoms with Crippen LogP contribution in [0.15, 0.2) is 12.4 Å². The zero-order valence-corrected chi connectivity index (χ0v) is 9.66. The predicted octanol–water partition coefficient (Wildman–Crippen LogP) is 0.490. The summed E-state index contributed by atoms with van der Waals surface area (Å²) in [4.78, 5) is 14.9. The second kappa shape index (κ2) is 4.36. The molecule has 0 aliphatic rings. The number of hydrogen-bond acceptors (Lipinski definition) is 4. The van der Waals surface area contributed by atoms with E-state index in [0.29, 0.717) is 18.8 Å². The van der Waals surface area contributed by atoms with E-state index in [1.165, 1.54) is 0 Å². The number of rotatable bonds is 4. The normalized spacial score (nSPS) is 10.7. The van der Waals surface area contributed by atoms with Gasteiger partial charge in [-0.05, 0) is 13.8 Å². The molecule has 0 radical (unpaired) electrons. The van der Waals surface area contributed by atoms with Crippen molar-refractivity contribution >= 4 is 5.97 Å². The Hall–Kier alpha value is -2.18. The van der Waals surface area contributed by atoms with Crippen LogP contribution in [0.5, 0.6) is 0 Å². The summed E-state index contributed by atoms with van der Waals surface area (Å²) in [5, 5.41) is 16.3. The second-order valence-corrected chi connectivity index (χ2v) is 3.72. The van der Waals surface area contributed by atoms with Crippen LogP contribution in [0.1, 0.15) is 22.0 Å². The Kier molecular flexibility index (Phi) is 2.90. The third kappa shape index (κ3) is 2.17. The molecule has 0 atom stereocenters. The largest absolute Gasteiger partial charge is 0.476 e. The van der Waals surface area contributed by atoms with Crippen molar-refractivity contribution < 1.29 is 9.90 Å². The van der Waals surface area contributed by atoms with Crippen LogP contribution in [0.2, 0.25) is 0 Å². The molecule has 7 nitrogen and oxygen atoms in total. The second-order valence-electron chi connectivity index (χ2n) is 3.72. The lowest BCUT2D eigenvalue weighted by Crippen LogP contribution is -2.11. The quantitative estimate of drug-likeness (QED) is 0.833. The Bertz CT molecular complexity index is 543. The Morgan fingerprint density at radius 1 is 1.41 bits per heavy atom. The molecule has 1 N–H and O–H groups in total. The molecule has 2 aromatic rings. The molecule has 0 bridgehead atoms. The number of carboxylic acid groups (broad SMARTS) is 1. The minimum Gasteiger partial charge on any atom is -0.476 e. The van der Waals surface area contributed by atoms with E-state index in [4.69, 9.17) is 5.11 Å². The zero-order valence-electron chi connectivity index (χ0n) is 9.66. The molecule has 0 saturated carbocycles. The van der Waals surface area contributed by atoms with Gasteiger partial charge in [0.2, 0.25) is 0 Å². The van der Waals surface area contributed by atoms with Gasteiger partial charge >= 0.3 is 5.97 Å². The average Bonchev–Trinajstić information content (AvgIpc) is 2.82. The first-order chi connectivity index (χ1) is 8.09. The lowest BCUT2D eigenvalue weighted by molar-refractivity contribution is 0.0689. The molecule has 0 amide bonds. The fourth-order valence-corrected chi connectivity index (χ4v) is 1.61. The van der Waals surface area contributed by atoms with E-state index in [0.717, 1.165) is 5.82 Å². The molecule has 0 spiro atoms. The molecule has 0 fully saturated rings. The first kappa shape index (κ1) is 11.3. The molecule has 2 heterocycles. The van der Waals surface area contributed by atoms with Gasteiger partial charge in [-0.2, -0.15) is 0 Å². The highest BCUT2D eigenvalue weighted by molar-refractivity contribution is 5.86. The summed E-state index contributed by atoms with van der Waals surface area (Å²) in [6, 6.07) is 0. The number of aromatic carboxylic acids is 1. The number of carboxylic acids is 1. The highest BCUT2D eigenvalue weighted by Gasteiger charge is 2.14. The topological polar surface area (TPSA) is 85.8 Å². The molecule has 2 aromatic heterocycles. The first-order valence-electron chi connectivity index (χ1n) is 5.20. The number of aryl methyl sites for hydroxylation is 3. The molecule has 0 aliphatic heterocycles. The molecule has 7 heteroatoms. The van der Waals surface area contributed by atoms with E-state index in [1.54, 1.807) is 17.8 Å². The van der Waals surface area contributed by atoms with Gasteiger partial charge in [0.15, 0.2) is 5.69 Å². The van der Waals surface area contributed by atoms with Crippen molar-refractivity contribution in [2.75, 3.05) is 0 Å². The third-order valence-corrected chi connectivity index (χ3v) is 2.66. The van der Waals surface area contributed by atoms with E-state index < -0.39 is 5.97 Å². The maximum Gasteiger partial charge on any atom is 0.358 e. The van der Waals surface area contributed by atoms with Crippen LogP contribution in [0.4, 0.5) is 0 Å². The maximum absolute atomic E-state index is 10.8. The third-order valence-electron chi connectivity index (χ3n) is 2.66. The number of aromatic nitrogens is 5. The fourth-order valence-electron chi connectivity index (χ4n) is 1.61. The van der Waals surface area contributed by atoms with Crippen molar-refractivity contribution in [2.24, 2.45) is 0 Å². The smallest absolute Gasteiger partial charge is 0.358 e. The van der Waals surface area contributed by atoms with E-state index in [1.807, 2.05) is 17.7 Å². The molecular weight excluding hydrogens is 222 g/mol. The number of hydrogen-bond donors (Lipinski definition) is 1. The number of carbonyl (C=O) groups is 1. The summed E-state index contributed by atoms with van der Waals surface area (Å²) >= 11 is 0. The molecule has 2 rings (SSSR count). The SMILES string of the molecule is Cc1nccn1CCn1nnc(C(=O)O)c1C. The van der Waals surface area contributed by atoms with Crippen LogP contribution in [0, 0.1) is 13.8 Å². The first-order valence-corrected chi connectivity index (χ1v) is 5.20. The predicted molar refractivity (Wildman–Crippen MR) is 58.7 cm³/mol. The van der Waals surface area contributed by atoms with Crippen LogP contribution in [-0.2, 0) is 13.1 Å². The minimum atomic E-state index is -1.05. The van der Waals surface area contributed by atoms with E-state index >= 15 is 0 Å². The molecule has 0 aliphatic carbocycles. The van der Waals surface area contributed by atoms with Gasteiger partial charge in [0, 0.05) is 18.9 Å². The summed E-state index contributed by atoms with van der Waals surface area (Å²) < 4.78 is 3.56. The standard InChI is InChI=1S/C10H13N5O2/c1-7-9(10(16)17)12-13-15(7)6-5-14-4-3-11-8(14)2/h3-4H,5-6H2,1-2H3,(H,16,17). The van der Waals surface area contributed by atoms with Gasteiger partial charge in [-0.15, -0.1) is 5.10 Å². The van der Waals surface area contributed by atoms with Crippen molar-refractivity contribution in [1.82, 2.24) is 24.5 Å². The summed E-state index contributed by atoms with van der Waals surface area (Å²) in [5.74, 6) is -0.131. The van der Waals surface area contributed by atoms with Gasteiger partial charge in [0.05, 0.1) is 12.2 Å². The van der Waals surface area contributed by atoms with Gasteiger partial charge in [-0.25, -0.2) is 14.5 Å². The van der Waals surface area contributed by atoms with Crippen LogP contribution in [-0.4, -0.2) is 35.6 Å². The lowest BCUT2D eigenvalue weighted by Gasteiger charge is -2.05. The molecule has 90 valence electrons. The van der Waals surface area contributed by atoms with Crippen LogP contribution in [0.3, 0.4) is 0 Å². The van der Waals surface area contributed by atoms with Crippen molar-refractivity contribution in [2.45, 2.75) is 26.9 Å². The maximum atomic E-state index is 10.8. The van der Waals surface area contributed by atoms with Crippen molar-refractivity contribution in [3.63, 3.8) is 0 Å². The Labute approximate surface area is 97.7 Å². The zero-order chi connectivity index (χ0) is 12.4. The molecular formula is C10H13N5O2. The van der Waals surface area contributed by atoms with Gasteiger partial charge < -0.3 is 9.67 Å². The Balaban J connectivity index is 2.10. The molecule has 0 unspecified atom stereocenters. The van der Waals surface area contributed by atoms with E-state index in [2.05, 4.69) is 15.3 Å². The Morgan fingerprint density at radius 2 is 2.18 bits per heavy atom. The van der Waals surface area contributed by atoms with Crippen LogP contribution in [0.25, 0.3) is 0 Å².